The Balaban J connectivity index is 1.42. The monoisotopic (exact) mass is 474 g/mol. The minimum Gasteiger partial charge on any atom is -0.384 e. The van der Waals surface area contributed by atoms with Crippen molar-refractivity contribution in [2.75, 3.05) is 18.4 Å². The third-order valence-electron chi connectivity index (χ3n) is 7.07. The van der Waals surface area contributed by atoms with Crippen LogP contribution in [0.2, 0.25) is 0 Å². The molecule has 35 heavy (non-hydrogen) atoms. The Morgan fingerprint density at radius 1 is 1.26 bits per heavy atom. The standard InChI is InChI=1S/C26H30N6O3/c1-15(33)22-23(19-10-11-31(14-19)26(35)16(2)34)30-25-20(13-29-32(25)24(22)27)18-8-9-21(28-12-18)17-6-4-3-5-7-17/h3-8,12-13,16,19,21,23,30,34H,9-11,14,27H2,1-2H3/t16-,19?,21?,23?/m1/s1. The van der Waals surface area contributed by atoms with Crippen LogP contribution in [0.25, 0.3) is 11.4 Å². The Morgan fingerprint density at radius 3 is 2.69 bits per heavy atom. The van der Waals surface area contributed by atoms with E-state index in [0.29, 0.717) is 36.7 Å². The molecule has 182 valence electrons. The Labute approximate surface area is 204 Å². The lowest BCUT2D eigenvalue weighted by atomic mass is 9.88. The fourth-order valence-corrected chi connectivity index (χ4v) is 5.25. The van der Waals surface area contributed by atoms with Gasteiger partial charge in [0.05, 0.1) is 23.9 Å². The number of amides is 1. The lowest BCUT2D eigenvalue weighted by Gasteiger charge is -2.33. The van der Waals surface area contributed by atoms with Gasteiger partial charge in [-0.1, -0.05) is 36.4 Å². The van der Waals surface area contributed by atoms with E-state index in [0.717, 1.165) is 17.6 Å². The number of nitrogens with two attached hydrogens (primary N) is 1. The van der Waals surface area contributed by atoms with Gasteiger partial charge in [-0.3, -0.25) is 14.6 Å². The summed E-state index contributed by atoms with van der Waals surface area (Å²) in [7, 11) is 0. The van der Waals surface area contributed by atoms with Gasteiger partial charge in [-0.2, -0.15) is 5.10 Å². The van der Waals surface area contributed by atoms with Gasteiger partial charge in [-0.15, -0.1) is 0 Å². The summed E-state index contributed by atoms with van der Waals surface area (Å²) in [5.41, 5.74) is 9.93. The number of likely N-dealkylation sites (tertiary alicyclic amines) is 1. The number of aliphatic hydroxyl groups excluding tert-OH is 1. The summed E-state index contributed by atoms with van der Waals surface area (Å²) in [5, 5.41) is 17.7. The maximum Gasteiger partial charge on any atom is 0.251 e. The zero-order valence-corrected chi connectivity index (χ0v) is 19.9. The van der Waals surface area contributed by atoms with Crippen molar-refractivity contribution >= 4 is 35.1 Å². The van der Waals surface area contributed by atoms with Gasteiger partial charge in [-0.25, -0.2) is 4.68 Å². The molecule has 1 amide bonds. The first-order valence-electron chi connectivity index (χ1n) is 12.0. The first-order valence-corrected chi connectivity index (χ1v) is 12.0. The number of dihydropyridines is 1. The maximum absolute atomic E-state index is 12.6. The van der Waals surface area contributed by atoms with E-state index in [4.69, 9.17) is 10.7 Å². The quantitative estimate of drug-likeness (QED) is 0.610. The molecule has 1 fully saturated rings. The lowest BCUT2D eigenvalue weighted by molar-refractivity contribution is -0.138. The highest BCUT2D eigenvalue weighted by Gasteiger charge is 2.40. The van der Waals surface area contributed by atoms with Crippen molar-refractivity contribution in [3.8, 4) is 0 Å². The molecule has 4 atom stereocenters. The van der Waals surface area contributed by atoms with Crippen LogP contribution in [0.15, 0.2) is 53.2 Å². The van der Waals surface area contributed by atoms with Crippen LogP contribution in [-0.4, -0.2) is 62.9 Å². The van der Waals surface area contributed by atoms with Crippen molar-refractivity contribution in [3.05, 3.63) is 59.3 Å². The molecule has 3 aliphatic rings. The van der Waals surface area contributed by atoms with E-state index in [1.165, 1.54) is 19.4 Å². The largest absolute Gasteiger partial charge is 0.384 e. The van der Waals surface area contributed by atoms with Crippen molar-refractivity contribution in [3.63, 3.8) is 0 Å². The van der Waals surface area contributed by atoms with Gasteiger partial charge in [0.15, 0.2) is 5.78 Å². The molecule has 3 unspecified atom stereocenters. The number of benzene rings is 1. The fraction of sp³-hybridized carbons (Fsp3) is 0.385. The second-order valence-corrected chi connectivity index (χ2v) is 9.40. The third-order valence-corrected chi connectivity index (χ3v) is 7.07. The highest BCUT2D eigenvalue weighted by molar-refractivity contribution is 6.13. The molecule has 4 N–H and O–H groups in total. The zero-order chi connectivity index (χ0) is 24.7. The Morgan fingerprint density at radius 2 is 2.03 bits per heavy atom. The smallest absolute Gasteiger partial charge is 0.251 e. The van der Waals surface area contributed by atoms with Crippen molar-refractivity contribution < 1.29 is 14.7 Å². The number of aliphatic hydroxyl groups is 1. The summed E-state index contributed by atoms with van der Waals surface area (Å²) >= 11 is 0. The number of anilines is 1. The van der Waals surface area contributed by atoms with Gasteiger partial charge in [0.25, 0.3) is 5.91 Å². The highest BCUT2D eigenvalue weighted by atomic mass is 16.3. The number of nitrogens with zero attached hydrogens (tertiary/aromatic N) is 4. The van der Waals surface area contributed by atoms with E-state index in [2.05, 4.69) is 28.6 Å². The van der Waals surface area contributed by atoms with Crippen LogP contribution in [-0.2, 0) is 9.59 Å². The third kappa shape index (κ3) is 4.16. The van der Waals surface area contributed by atoms with Crippen molar-refractivity contribution in [2.45, 2.75) is 44.9 Å². The highest BCUT2D eigenvalue weighted by Crippen LogP contribution is 2.38. The Kier molecular flexibility index (Phi) is 6.02. The minimum atomic E-state index is -1.05. The second-order valence-electron chi connectivity index (χ2n) is 9.40. The summed E-state index contributed by atoms with van der Waals surface area (Å²) in [4.78, 5) is 31.4. The van der Waals surface area contributed by atoms with E-state index < -0.39 is 6.10 Å². The van der Waals surface area contributed by atoms with Gasteiger partial charge >= 0.3 is 0 Å². The number of aliphatic imine (C=N–C) groups is 1. The number of hydrogen-bond donors (Lipinski definition) is 3. The maximum atomic E-state index is 12.6. The van der Waals surface area contributed by atoms with E-state index in [1.807, 2.05) is 24.4 Å². The van der Waals surface area contributed by atoms with Crippen LogP contribution in [0.5, 0.6) is 0 Å². The summed E-state index contributed by atoms with van der Waals surface area (Å²) < 4.78 is 1.58. The average molecular weight is 475 g/mol. The molecular weight excluding hydrogens is 444 g/mol. The molecule has 5 rings (SSSR count). The molecule has 1 aromatic carbocycles. The molecule has 9 nitrogen and oxygen atoms in total. The Hall–Kier alpha value is -3.72. The van der Waals surface area contributed by atoms with Crippen molar-refractivity contribution in [1.82, 2.24) is 14.7 Å². The molecule has 1 saturated heterocycles. The fourth-order valence-electron chi connectivity index (χ4n) is 5.25. The first kappa shape index (κ1) is 23.0. The Bertz CT molecular complexity index is 1240. The molecule has 4 heterocycles. The molecule has 0 radical (unpaired) electrons. The normalized spacial score (nSPS) is 24.6. The zero-order valence-electron chi connectivity index (χ0n) is 19.9. The first-order chi connectivity index (χ1) is 16.8. The van der Waals surface area contributed by atoms with E-state index in [9.17, 15) is 14.7 Å². The summed E-state index contributed by atoms with van der Waals surface area (Å²) in [6, 6.07) is 9.91. The number of rotatable bonds is 5. The number of ketones is 1. The molecule has 2 aromatic rings. The average Bonchev–Trinajstić information content (AvgIpc) is 3.52. The number of aromatic nitrogens is 2. The lowest BCUT2D eigenvalue weighted by Crippen LogP contribution is -2.43. The van der Waals surface area contributed by atoms with E-state index in [1.54, 1.807) is 15.8 Å². The van der Waals surface area contributed by atoms with Crippen molar-refractivity contribution in [1.29, 1.82) is 0 Å². The summed E-state index contributed by atoms with van der Waals surface area (Å²) in [5.74, 6) is 0.564. The van der Waals surface area contributed by atoms with Gasteiger partial charge in [-0.05, 0) is 32.3 Å². The summed E-state index contributed by atoms with van der Waals surface area (Å²) in [6.07, 6.45) is 6.19. The van der Waals surface area contributed by atoms with Crippen LogP contribution in [0.3, 0.4) is 0 Å². The van der Waals surface area contributed by atoms with E-state index in [-0.39, 0.29) is 29.7 Å². The molecule has 0 aliphatic carbocycles. The van der Waals surface area contributed by atoms with E-state index >= 15 is 0 Å². The predicted octanol–water partition coefficient (Wildman–Crippen LogP) is 2.22. The number of carbonyl (C=O) groups is 2. The number of fused-ring (bicyclic) bond motifs is 1. The second kappa shape index (κ2) is 9.14. The van der Waals surface area contributed by atoms with Crippen LogP contribution < -0.4 is 11.1 Å². The number of hydrogen-bond acceptors (Lipinski definition) is 7. The minimum absolute atomic E-state index is 0.0249. The van der Waals surface area contributed by atoms with Gasteiger partial charge < -0.3 is 21.1 Å². The van der Waals surface area contributed by atoms with Crippen LogP contribution in [0.1, 0.15) is 43.9 Å². The molecule has 1 aromatic heterocycles. The number of allylic oxidation sites excluding steroid dienone is 1. The topological polar surface area (TPSA) is 126 Å². The molecule has 0 saturated carbocycles. The molecule has 0 spiro atoms. The molecule has 3 aliphatic heterocycles. The van der Waals surface area contributed by atoms with Gasteiger partial charge in [0.2, 0.25) is 0 Å². The molecule has 0 bridgehead atoms. The van der Waals surface area contributed by atoms with Crippen LogP contribution in [0, 0.1) is 5.92 Å². The van der Waals surface area contributed by atoms with Crippen molar-refractivity contribution in [2.24, 2.45) is 16.6 Å². The SMILES string of the molecule is CC(=O)C1=C(N)n2ncc(C3=CCC(c4ccccc4)N=C3)c2NC1C1CCN(C(=O)[C@@H](C)O)C1. The van der Waals surface area contributed by atoms with Crippen LogP contribution >= 0.6 is 0 Å². The molecule has 9 heteroatoms. The summed E-state index contributed by atoms with van der Waals surface area (Å²) in [6.45, 7) is 3.94. The number of carbonyl (C=O) groups excluding carboxylic acids is 2. The van der Waals surface area contributed by atoms with Gasteiger partial charge in [0, 0.05) is 36.4 Å². The predicted molar refractivity (Wildman–Crippen MR) is 134 cm³/mol. The van der Waals surface area contributed by atoms with Gasteiger partial charge in [0.1, 0.15) is 17.7 Å². The number of Topliss-reactive ketones (excluding diaryl/α,β-unsaturated/α-hetero) is 1. The van der Waals surface area contributed by atoms with Crippen LogP contribution in [0.4, 0.5) is 5.82 Å². The number of nitrogens with one attached hydrogen (secondary N) is 1. The molecular formula is C26H30N6O3.